The molecule has 2 heterocycles. The van der Waals surface area contributed by atoms with E-state index >= 15 is 0 Å². The monoisotopic (exact) mass is 398 g/mol. The van der Waals surface area contributed by atoms with Crippen LogP contribution in [0.5, 0.6) is 17.2 Å². The summed E-state index contributed by atoms with van der Waals surface area (Å²) >= 11 is 1.30. The number of ether oxygens (including phenoxy) is 3. The molecule has 0 bridgehead atoms. The lowest BCUT2D eigenvalue weighted by Gasteiger charge is -2.28. The van der Waals surface area contributed by atoms with Gasteiger partial charge in [0.15, 0.2) is 11.5 Å². The van der Waals surface area contributed by atoms with Gasteiger partial charge < -0.3 is 24.5 Å². The highest BCUT2D eigenvalue weighted by atomic mass is 32.2. The fourth-order valence-electron chi connectivity index (χ4n) is 3.77. The number of nitrogens with zero attached hydrogens (tertiary/aromatic N) is 1. The second-order valence-corrected chi connectivity index (χ2v) is 7.44. The second kappa shape index (κ2) is 6.16. The minimum Gasteiger partial charge on any atom is -0.496 e. The first kappa shape index (κ1) is 16.9. The second-order valence-electron chi connectivity index (χ2n) is 6.34. The van der Waals surface area contributed by atoms with E-state index in [2.05, 4.69) is 5.16 Å². The predicted octanol–water partition coefficient (Wildman–Crippen LogP) is 2.21. The molecule has 2 aromatic carbocycles. The van der Waals surface area contributed by atoms with Crippen LogP contribution in [0.25, 0.3) is 21.9 Å². The third kappa shape index (κ3) is 2.29. The first-order chi connectivity index (χ1) is 13.6. The van der Waals surface area contributed by atoms with Crippen LogP contribution in [0.2, 0.25) is 0 Å². The van der Waals surface area contributed by atoms with Gasteiger partial charge in [-0.15, -0.1) is 11.8 Å². The highest BCUT2D eigenvalue weighted by Crippen LogP contribution is 2.56. The third-order valence-electron chi connectivity index (χ3n) is 4.82. The summed E-state index contributed by atoms with van der Waals surface area (Å²) in [7, 11) is 1.57. The molecule has 2 aliphatic rings. The number of primary amides is 1. The van der Waals surface area contributed by atoms with Gasteiger partial charge in [0.25, 0.3) is 0 Å². The average molecular weight is 398 g/mol. The van der Waals surface area contributed by atoms with E-state index in [0.29, 0.717) is 39.3 Å². The van der Waals surface area contributed by atoms with Crippen molar-refractivity contribution in [3.8, 4) is 28.4 Å². The highest BCUT2D eigenvalue weighted by molar-refractivity contribution is 8.00. The number of benzene rings is 2. The number of rotatable bonds is 4. The zero-order chi connectivity index (χ0) is 19.4. The molecule has 3 aromatic rings. The Morgan fingerprint density at radius 3 is 3.04 bits per heavy atom. The lowest BCUT2D eigenvalue weighted by atomic mass is 9.85. The summed E-state index contributed by atoms with van der Waals surface area (Å²) in [6, 6.07) is 7.22. The Morgan fingerprint density at radius 2 is 2.25 bits per heavy atom. The summed E-state index contributed by atoms with van der Waals surface area (Å²) in [6.07, 6.45) is 0. The molecule has 1 amide bonds. The Kier molecular flexibility index (Phi) is 3.73. The van der Waals surface area contributed by atoms with Gasteiger partial charge in [-0.3, -0.25) is 4.79 Å². The van der Waals surface area contributed by atoms with Gasteiger partial charge in [-0.1, -0.05) is 17.3 Å². The van der Waals surface area contributed by atoms with Crippen molar-refractivity contribution in [3.05, 3.63) is 45.9 Å². The summed E-state index contributed by atoms with van der Waals surface area (Å²) in [5, 5.41) is 4.66. The Balaban J connectivity index is 1.92. The molecule has 2 N–H and O–H groups in total. The van der Waals surface area contributed by atoms with Crippen molar-refractivity contribution >= 4 is 28.4 Å². The van der Waals surface area contributed by atoms with Crippen LogP contribution in [0, 0.1) is 0 Å². The van der Waals surface area contributed by atoms with Crippen molar-refractivity contribution in [2.75, 3.05) is 19.7 Å². The number of carbonyl (C=O) groups is 1. The van der Waals surface area contributed by atoms with Gasteiger partial charge in [0, 0.05) is 16.5 Å². The number of hydrogen-bond donors (Lipinski definition) is 1. The fraction of sp³-hybridized carbons (Fsp3) is 0.211. The van der Waals surface area contributed by atoms with Crippen molar-refractivity contribution < 1.29 is 23.5 Å². The molecule has 8 nitrogen and oxygen atoms in total. The Labute approximate surface area is 162 Å². The van der Waals surface area contributed by atoms with Crippen molar-refractivity contribution in [2.24, 2.45) is 5.73 Å². The first-order valence-corrected chi connectivity index (χ1v) is 9.48. The minimum atomic E-state index is -0.566. The number of amides is 1. The average Bonchev–Trinajstić information content (AvgIpc) is 3.16. The molecule has 0 spiro atoms. The standard InChI is InChI=1S/C19H14N2O6S/c1-24-10-4-2-3-8-13(10)18(28-6-12(20)22)16-14-9(19(23)27-21-16)5-11-17(15(8)14)26-7-25-11/h2-5,18H,6-7H2,1H3,(H2,20,22)/t18-/m0/s1. The molecule has 1 aliphatic carbocycles. The minimum absolute atomic E-state index is 0.0614. The summed E-state index contributed by atoms with van der Waals surface area (Å²) in [5.41, 5.74) is 7.68. The van der Waals surface area contributed by atoms with E-state index in [-0.39, 0.29) is 12.5 Å². The van der Waals surface area contributed by atoms with Crippen LogP contribution < -0.4 is 25.6 Å². The van der Waals surface area contributed by atoms with Crippen LogP contribution >= 0.6 is 11.8 Å². The van der Waals surface area contributed by atoms with Crippen LogP contribution in [0.3, 0.4) is 0 Å². The molecule has 0 fully saturated rings. The lowest BCUT2D eigenvalue weighted by Crippen LogP contribution is -2.18. The van der Waals surface area contributed by atoms with Gasteiger partial charge in [-0.25, -0.2) is 4.79 Å². The van der Waals surface area contributed by atoms with E-state index in [9.17, 15) is 9.59 Å². The normalized spacial score (nSPS) is 16.1. The molecule has 1 aliphatic heterocycles. The maximum absolute atomic E-state index is 12.4. The van der Waals surface area contributed by atoms with Crippen LogP contribution in [0.15, 0.2) is 33.6 Å². The zero-order valence-corrected chi connectivity index (χ0v) is 15.5. The van der Waals surface area contributed by atoms with Crippen LogP contribution in [-0.2, 0) is 4.79 Å². The van der Waals surface area contributed by atoms with Crippen molar-refractivity contribution in [2.45, 2.75) is 5.25 Å². The van der Waals surface area contributed by atoms with E-state index < -0.39 is 16.8 Å². The van der Waals surface area contributed by atoms with E-state index in [1.54, 1.807) is 13.2 Å². The van der Waals surface area contributed by atoms with Gasteiger partial charge in [0.2, 0.25) is 12.7 Å². The van der Waals surface area contributed by atoms with Crippen molar-refractivity contribution in [1.29, 1.82) is 0 Å². The molecule has 9 heteroatoms. The van der Waals surface area contributed by atoms with Crippen LogP contribution in [-0.4, -0.2) is 30.7 Å². The third-order valence-corrected chi connectivity index (χ3v) is 6.07. The number of thioether (sulfide) groups is 1. The van der Waals surface area contributed by atoms with Crippen LogP contribution in [0.1, 0.15) is 16.5 Å². The summed E-state index contributed by atoms with van der Waals surface area (Å²) in [5.74, 6) is 1.27. The summed E-state index contributed by atoms with van der Waals surface area (Å²) in [6.45, 7) is 0.0614. The largest absolute Gasteiger partial charge is 0.496 e. The summed E-state index contributed by atoms with van der Waals surface area (Å²) < 4.78 is 21.9. The molecule has 0 saturated heterocycles. The van der Waals surface area contributed by atoms with E-state index in [1.807, 2.05) is 18.2 Å². The highest BCUT2D eigenvalue weighted by Gasteiger charge is 2.37. The number of aromatic nitrogens is 1. The maximum atomic E-state index is 12.4. The lowest BCUT2D eigenvalue weighted by molar-refractivity contribution is -0.115. The first-order valence-electron chi connectivity index (χ1n) is 8.43. The number of methoxy groups -OCH3 is 1. The quantitative estimate of drug-likeness (QED) is 0.712. The van der Waals surface area contributed by atoms with Gasteiger partial charge in [0.05, 0.1) is 23.5 Å². The Hall–Kier alpha value is -3.20. The van der Waals surface area contributed by atoms with Gasteiger partial charge in [-0.2, -0.15) is 0 Å². The molecule has 5 rings (SSSR count). The number of fused-ring (bicyclic) bond motifs is 4. The van der Waals surface area contributed by atoms with Gasteiger partial charge in [-0.05, 0) is 17.7 Å². The van der Waals surface area contributed by atoms with E-state index in [4.69, 9.17) is 24.5 Å². The summed E-state index contributed by atoms with van der Waals surface area (Å²) in [4.78, 5) is 23.8. The number of carbonyl (C=O) groups excluding carboxylic acids is 1. The molecule has 0 radical (unpaired) electrons. The number of hydrogen-bond acceptors (Lipinski definition) is 8. The Morgan fingerprint density at radius 1 is 1.39 bits per heavy atom. The Bertz CT molecular complexity index is 1210. The molecular formula is C19H14N2O6S. The zero-order valence-electron chi connectivity index (χ0n) is 14.7. The predicted molar refractivity (Wildman–Crippen MR) is 102 cm³/mol. The van der Waals surface area contributed by atoms with Gasteiger partial charge >= 0.3 is 5.63 Å². The number of nitrogens with two attached hydrogens (primary N) is 1. The molecule has 0 unspecified atom stereocenters. The molecular weight excluding hydrogens is 384 g/mol. The fourth-order valence-corrected chi connectivity index (χ4v) is 4.83. The van der Waals surface area contributed by atoms with E-state index in [0.717, 1.165) is 11.1 Å². The van der Waals surface area contributed by atoms with Crippen molar-refractivity contribution in [3.63, 3.8) is 0 Å². The van der Waals surface area contributed by atoms with Crippen molar-refractivity contribution in [1.82, 2.24) is 5.16 Å². The maximum Gasteiger partial charge on any atom is 0.366 e. The smallest absolute Gasteiger partial charge is 0.366 e. The molecule has 1 aromatic heterocycles. The molecule has 28 heavy (non-hydrogen) atoms. The topological polar surface area (TPSA) is 114 Å². The SMILES string of the molecule is COc1cccc2c1[C@H](SCC(N)=O)c1noc(=O)c3cc4c(c-2c13)OCO4. The van der Waals surface area contributed by atoms with E-state index in [1.165, 1.54) is 11.8 Å². The molecule has 0 saturated carbocycles. The van der Waals surface area contributed by atoms with Crippen LogP contribution in [0.4, 0.5) is 0 Å². The van der Waals surface area contributed by atoms with Gasteiger partial charge in [0.1, 0.15) is 11.4 Å². The molecule has 1 atom stereocenters. The molecule has 142 valence electrons.